The molecule has 1 unspecified atom stereocenters. The van der Waals surface area contributed by atoms with E-state index >= 15 is 0 Å². The standard InChI is InChI=1S/C19H38N2O3S/c1-21(2)17(14-16-25)19(23)20-15-12-10-8-6-4-5-7-9-11-13-18(22)24-3/h17,25H,4-16H2,1-3H3,(H,20,23). The molecule has 0 aliphatic heterocycles. The Balaban J connectivity index is 3.41. The van der Waals surface area contributed by atoms with Crippen LogP contribution in [0.2, 0.25) is 0 Å². The molecule has 148 valence electrons. The van der Waals surface area contributed by atoms with Crippen LogP contribution >= 0.6 is 12.6 Å². The molecule has 0 heterocycles. The Bertz CT molecular complexity index is 352. The summed E-state index contributed by atoms with van der Waals surface area (Å²) in [4.78, 5) is 25.0. The molecule has 0 aliphatic carbocycles. The van der Waals surface area contributed by atoms with E-state index in [4.69, 9.17) is 0 Å². The molecule has 0 spiro atoms. The number of ether oxygens (including phenoxy) is 1. The monoisotopic (exact) mass is 374 g/mol. The summed E-state index contributed by atoms with van der Waals surface area (Å²) in [5.41, 5.74) is 0. The van der Waals surface area contributed by atoms with E-state index in [-0.39, 0.29) is 17.9 Å². The Morgan fingerprint density at radius 3 is 1.96 bits per heavy atom. The zero-order valence-electron chi connectivity index (χ0n) is 16.4. The van der Waals surface area contributed by atoms with Gasteiger partial charge in [0, 0.05) is 13.0 Å². The minimum atomic E-state index is -0.102. The summed E-state index contributed by atoms with van der Waals surface area (Å²) in [6, 6.07) is -0.0725. The van der Waals surface area contributed by atoms with E-state index in [9.17, 15) is 9.59 Å². The number of carbonyl (C=O) groups is 2. The predicted octanol–water partition coefficient (Wildman–Crippen LogP) is 3.43. The normalized spacial score (nSPS) is 12.2. The summed E-state index contributed by atoms with van der Waals surface area (Å²) >= 11 is 4.22. The maximum absolute atomic E-state index is 12.1. The Kier molecular flexibility index (Phi) is 16.2. The third-order valence-corrected chi connectivity index (χ3v) is 4.67. The van der Waals surface area contributed by atoms with Crippen molar-refractivity contribution in [1.82, 2.24) is 10.2 Å². The first-order chi connectivity index (χ1) is 12.0. The average molecular weight is 375 g/mol. The highest BCUT2D eigenvalue weighted by atomic mass is 32.1. The lowest BCUT2D eigenvalue weighted by Crippen LogP contribution is -2.44. The van der Waals surface area contributed by atoms with Gasteiger partial charge in [-0.3, -0.25) is 14.5 Å². The molecule has 0 fully saturated rings. The molecule has 0 aromatic carbocycles. The zero-order chi connectivity index (χ0) is 18.9. The fourth-order valence-electron chi connectivity index (χ4n) is 2.81. The number of thiol groups is 1. The number of nitrogens with zero attached hydrogens (tertiary/aromatic N) is 1. The summed E-state index contributed by atoms with van der Waals surface area (Å²) in [6.07, 6.45) is 11.8. The summed E-state index contributed by atoms with van der Waals surface area (Å²) in [5, 5.41) is 3.04. The van der Waals surface area contributed by atoms with Crippen LogP contribution in [0.15, 0.2) is 0 Å². The largest absolute Gasteiger partial charge is 0.469 e. The lowest BCUT2D eigenvalue weighted by molar-refractivity contribution is -0.140. The van der Waals surface area contributed by atoms with Gasteiger partial charge in [-0.1, -0.05) is 44.9 Å². The first-order valence-corrected chi connectivity index (χ1v) is 10.3. The van der Waals surface area contributed by atoms with Crippen molar-refractivity contribution < 1.29 is 14.3 Å². The summed E-state index contributed by atoms with van der Waals surface area (Å²) in [5.74, 6) is 0.736. The molecule has 0 radical (unpaired) electrons. The van der Waals surface area contributed by atoms with Gasteiger partial charge in [0.05, 0.1) is 13.2 Å². The molecule has 1 amide bonds. The quantitative estimate of drug-likeness (QED) is 0.247. The van der Waals surface area contributed by atoms with Crippen LogP contribution in [0.3, 0.4) is 0 Å². The van der Waals surface area contributed by atoms with E-state index in [0.29, 0.717) is 6.42 Å². The van der Waals surface area contributed by atoms with Crippen LogP contribution < -0.4 is 5.32 Å². The van der Waals surface area contributed by atoms with Crippen LogP contribution in [0.25, 0.3) is 0 Å². The first-order valence-electron chi connectivity index (χ1n) is 9.64. The van der Waals surface area contributed by atoms with Gasteiger partial charge in [0.2, 0.25) is 5.91 Å². The number of hydrogen-bond acceptors (Lipinski definition) is 5. The number of nitrogens with one attached hydrogen (secondary N) is 1. The Labute approximate surface area is 159 Å². The van der Waals surface area contributed by atoms with Gasteiger partial charge in [0.1, 0.15) is 0 Å². The fraction of sp³-hybridized carbons (Fsp3) is 0.895. The minimum absolute atomic E-state index is 0.0725. The number of methoxy groups -OCH3 is 1. The number of amides is 1. The SMILES string of the molecule is COC(=O)CCCCCCCCCCCNC(=O)C(CCS)N(C)C. The maximum atomic E-state index is 12.1. The molecule has 0 saturated carbocycles. The fourth-order valence-corrected chi connectivity index (χ4v) is 3.05. The summed E-state index contributed by atoms with van der Waals surface area (Å²) in [6.45, 7) is 0.767. The first kappa shape index (κ1) is 24.2. The molecule has 5 nitrogen and oxygen atoms in total. The van der Waals surface area contributed by atoms with E-state index in [2.05, 4.69) is 22.7 Å². The predicted molar refractivity (Wildman–Crippen MR) is 107 cm³/mol. The maximum Gasteiger partial charge on any atom is 0.305 e. The number of rotatable bonds is 16. The lowest BCUT2D eigenvalue weighted by atomic mass is 10.1. The van der Waals surface area contributed by atoms with E-state index in [0.717, 1.165) is 38.0 Å². The van der Waals surface area contributed by atoms with Crippen molar-refractivity contribution >= 4 is 24.5 Å². The third-order valence-electron chi connectivity index (χ3n) is 4.41. The van der Waals surface area contributed by atoms with Crippen molar-refractivity contribution in [2.75, 3.05) is 33.5 Å². The van der Waals surface area contributed by atoms with Gasteiger partial charge >= 0.3 is 5.97 Å². The molecule has 1 atom stereocenters. The molecule has 6 heteroatoms. The van der Waals surface area contributed by atoms with Crippen LogP contribution in [0.5, 0.6) is 0 Å². The van der Waals surface area contributed by atoms with Crippen molar-refractivity contribution in [3.63, 3.8) is 0 Å². The lowest BCUT2D eigenvalue weighted by Gasteiger charge is -2.22. The van der Waals surface area contributed by atoms with Gasteiger partial charge in [0.15, 0.2) is 0 Å². The number of hydrogen-bond donors (Lipinski definition) is 2. The van der Waals surface area contributed by atoms with Crippen molar-refractivity contribution in [2.24, 2.45) is 0 Å². The minimum Gasteiger partial charge on any atom is -0.469 e. The van der Waals surface area contributed by atoms with Crippen molar-refractivity contribution in [1.29, 1.82) is 0 Å². The second-order valence-corrected chi connectivity index (χ2v) is 7.24. The van der Waals surface area contributed by atoms with Crippen molar-refractivity contribution in [3.05, 3.63) is 0 Å². The van der Waals surface area contributed by atoms with E-state index in [1.807, 2.05) is 19.0 Å². The highest BCUT2D eigenvalue weighted by Crippen LogP contribution is 2.10. The Hall–Kier alpha value is -0.750. The summed E-state index contributed by atoms with van der Waals surface area (Å²) < 4.78 is 4.62. The molecule has 0 rings (SSSR count). The number of carbonyl (C=O) groups excluding carboxylic acids is 2. The highest BCUT2D eigenvalue weighted by molar-refractivity contribution is 7.80. The number of unbranched alkanes of at least 4 members (excludes halogenated alkanes) is 8. The molecule has 0 saturated heterocycles. The van der Waals surface area contributed by atoms with E-state index < -0.39 is 0 Å². The molecule has 0 aromatic heterocycles. The number of likely N-dealkylation sites (N-methyl/N-ethyl adjacent to an activating group) is 1. The second-order valence-electron chi connectivity index (χ2n) is 6.79. The van der Waals surface area contributed by atoms with Gasteiger partial charge < -0.3 is 10.1 Å². The molecule has 0 aliphatic rings. The zero-order valence-corrected chi connectivity index (χ0v) is 17.3. The van der Waals surface area contributed by atoms with Crippen molar-refractivity contribution in [2.45, 2.75) is 76.7 Å². The van der Waals surface area contributed by atoms with Gasteiger partial charge in [0.25, 0.3) is 0 Å². The van der Waals surface area contributed by atoms with Crippen LogP contribution in [0, 0.1) is 0 Å². The molecule has 1 N–H and O–H groups in total. The van der Waals surface area contributed by atoms with Gasteiger partial charge in [-0.15, -0.1) is 0 Å². The Morgan fingerprint density at radius 1 is 0.960 bits per heavy atom. The van der Waals surface area contributed by atoms with Crippen LogP contribution in [-0.4, -0.2) is 56.3 Å². The van der Waals surface area contributed by atoms with Gasteiger partial charge in [-0.2, -0.15) is 12.6 Å². The van der Waals surface area contributed by atoms with Gasteiger partial charge in [-0.05, 0) is 39.1 Å². The van der Waals surface area contributed by atoms with E-state index in [1.165, 1.54) is 45.6 Å². The van der Waals surface area contributed by atoms with Crippen LogP contribution in [0.4, 0.5) is 0 Å². The molecule has 0 bridgehead atoms. The molecular formula is C19H38N2O3S. The topological polar surface area (TPSA) is 58.6 Å². The van der Waals surface area contributed by atoms with Crippen molar-refractivity contribution in [3.8, 4) is 0 Å². The van der Waals surface area contributed by atoms with Crippen LogP contribution in [0.1, 0.15) is 70.6 Å². The molecular weight excluding hydrogens is 336 g/mol. The molecule has 0 aromatic rings. The molecule has 25 heavy (non-hydrogen) atoms. The van der Waals surface area contributed by atoms with Gasteiger partial charge in [-0.25, -0.2) is 0 Å². The smallest absolute Gasteiger partial charge is 0.305 e. The van der Waals surface area contributed by atoms with E-state index in [1.54, 1.807) is 0 Å². The summed E-state index contributed by atoms with van der Waals surface area (Å²) in [7, 11) is 5.31. The average Bonchev–Trinajstić information content (AvgIpc) is 2.59. The second kappa shape index (κ2) is 16.7. The highest BCUT2D eigenvalue weighted by Gasteiger charge is 2.18. The third kappa shape index (κ3) is 14.1. The Morgan fingerprint density at radius 2 is 1.48 bits per heavy atom. The number of esters is 1. The van der Waals surface area contributed by atoms with Crippen LogP contribution in [-0.2, 0) is 14.3 Å².